The van der Waals surface area contributed by atoms with Gasteiger partial charge in [-0.15, -0.1) is 0 Å². The molecule has 0 aromatic rings. The third-order valence-electron chi connectivity index (χ3n) is 5.84. The van der Waals surface area contributed by atoms with Crippen molar-refractivity contribution in [3.8, 4) is 0 Å². The van der Waals surface area contributed by atoms with Crippen molar-refractivity contribution in [3.05, 3.63) is 0 Å². The predicted molar refractivity (Wildman–Crippen MR) is 106 cm³/mol. The van der Waals surface area contributed by atoms with Gasteiger partial charge < -0.3 is 20.1 Å². The van der Waals surface area contributed by atoms with Crippen LogP contribution >= 0.6 is 0 Å². The zero-order chi connectivity index (χ0) is 21.4. The SMILES string of the molecule is CC(C)COC(=O)N[C@H](C(=O)N1C[C@@H]2CC(C)(C)C[C@@H]2[C@H]1C(=O)O)C(C)(C)C. The minimum Gasteiger partial charge on any atom is -0.480 e. The van der Waals surface area contributed by atoms with Gasteiger partial charge in [-0.3, -0.25) is 4.79 Å². The first kappa shape index (κ1) is 22.5. The number of carbonyl (C=O) groups is 3. The molecule has 0 aromatic heterocycles. The largest absolute Gasteiger partial charge is 0.480 e. The average molecular weight is 397 g/mol. The molecule has 1 heterocycles. The van der Waals surface area contributed by atoms with E-state index in [4.69, 9.17) is 4.74 Å². The zero-order valence-electron chi connectivity index (χ0n) is 18.2. The summed E-state index contributed by atoms with van der Waals surface area (Å²) in [6, 6.07) is -1.68. The molecule has 1 aliphatic heterocycles. The number of nitrogens with one attached hydrogen (secondary N) is 1. The number of nitrogens with zero attached hydrogens (tertiary/aromatic N) is 1. The summed E-state index contributed by atoms with van der Waals surface area (Å²) in [7, 11) is 0. The van der Waals surface area contributed by atoms with Gasteiger partial charge in [-0.2, -0.15) is 0 Å². The van der Waals surface area contributed by atoms with Gasteiger partial charge in [0.2, 0.25) is 5.91 Å². The maximum absolute atomic E-state index is 13.4. The van der Waals surface area contributed by atoms with Crippen molar-refractivity contribution in [2.24, 2.45) is 28.6 Å². The molecule has 1 saturated heterocycles. The minimum absolute atomic E-state index is 0.0371. The van der Waals surface area contributed by atoms with Gasteiger partial charge in [0, 0.05) is 6.54 Å². The second-order valence-corrected chi connectivity index (χ2v) is 10.7. The normalized spacial score (nSPS) is 27.4. The number of likely N-dealkylation sites (tertiary alicyclic amines) is 1. The summed E-state index contributed by atoms with van der Waals surface area (Å²) in [6.45, 7) is 14.4. The van der Waals surface area contributed by atoms with Crippen LogP contribution in [0.15, 0.2) is 0 Å². The van der Waals surface area contributed by atoms with Crippen molar-refractivity contribution in [1.29, 1.82) is 0 Å². The van der Waals surface area contributed by atoms with Crippen molar-refractivity contribution in [1.82, 2.24) is 10.2 Å². The van der Waals surface area contributed by atoms with Gasteiger partial charge in [0.05, 0.1) is 6.61 Å². The quantitative estimate of drug-likeness (QED) is 0.744. The monoisotopic (exact) mass is 396 g/mol. The van der Waals surface area contributed by atoms with E-state index in [0.717, 1.165) is 12.8 Å². The van der Waals surface area contributed by atoms with Gasteiger partial charge in [0.25, 0.3) is 0 Å². The lowest BCUT2D eigenvalue weighted by atomic mass is 9.85. The summed E-state index contributed by atoms with van der Waals surface area (Å²) in [5.74, 6) is -0.965. The molecule has 2 N–H and O–H groups in total. The summed E-state index contributed by atoms with van der Waals surface area (Å²) in [6.07, 6.45) is 1.06. The van der Waals surface area contributed by atoms with Crippen LogP contribution in [0.2, 0.25) is 0 Å². The van der Waals surface area contributed by atoms with Crippen molar-refractivity contribution in [2.45, 2.75) is 73.4 Å². The van der Waals surface area contributed by atoms with E-state index in [2.05, 4.69) is 19.2 Å². The van der Waals surface area contributed by atoms with E-state index in [-0.39, 0.29) is 35.7 Å². The number of amides is 2. The molecule has 0 spiro atoms. The van der Waals surface area contributed by atoms with Crippen LogP contribution in [0.1, 0.15) is 61.3 Å². The summed E-state index contributed by atoms with van der Waals surface area (Å²) >= 11 is 0. The fourth-order valence-corrected chi connectivity index (χ4v) is 4.68. The number of carbonyl (C=O) groups excluding carboxylic acids is 2. The Morgan fingerprint density at radius 1 is 1.21 bits per heavy atom. The molecule has 0 aromatic carbocycles. The molecule has 2 rings (SSSR count). The van der Waals surface area contributed by atoms with Gasteiger partial charge in [-0.1, -0.05) is 48.5 Å². The number of rotatable bonds is 5. The molecule has 2 fully saturated rings. The summed E-state index contributed by atoms with van der Waals surface area (Å²) < 4.78 is 5.18. The maximum Gasteiger partial charge on any atom is 0.407 e. The Hall–Kier alpha value is -1.79. The topological polar surface area (TPSA) is 95.9 Å². The van der Waals surface area contributed by atoms with Crippen LogP contribution in [0.5, 0.6) is 0 Å². The van der Waals surface area contributed by atoms with Crippen molar-refractivity contribution in [3.63, 3.8) is 0 Å². The number of fused-ring (bicyclic) bond motifs is 1. The first-order valence-corrected chi connectivity index (χ1v) is 10.2. The molecular weight excluding hydrogens is 360 g/mol. The first-order chi connectivity index (χ1) is 12.7. The zero-order valence-corrected chi connectivity index (χ0v) is 18.2. The lowest BCUT2D eigenvalue weighted by Crippen LogP contribution is -2.57. The molecule has 7 heteroatoms. The Morgan fingerprint density at radius 3 is 2.32 bits per heavy atom. The molecule has 1 saturated carbocycles. The lowest BCUT2D eigenvalue weighted by molar-refractivity contribution is -0.151. The smallest absolute Gasteiger partial charge is 0.407 e. The van der Waals surface area contributed by atoms with E-state index in [0.29, 0.717) is 6.54 Å². The van der Waals surface area contributed by atoms with Crippen LogP contribution < -0.4 is 5.32 Å². The molecule has 4 atom stereocenters. The van der Waals surface area contributed by atoms with Crippen molar-refractivity contribution < 1.29 is 24.2 Å². The summed E-state index contributed by atoms with van der Waals surface area (Å²) in [5.41, 5.74) is -0.478. The molecule has 28 heavy (non-hydrogen) atoms. The first-order valence-electron chi connectivity index (χ1n) is 10.2. The van der Waals surface area contributed by atoms with Gasteiger partial charge in [-0.25, -0.2) is 9.59 Å². The van der Waals surface area contributed by atoms with Crippen molar-refractivity contribution >= 4 is 18.0 Å². The van der Waals surface area contributed by atoms with E-state index in [9.17, 15) is 19.5 Å². The Balaban J connectivity index is 2.19. The minimum atomic E-state index is -0.964. The van der Waals surface area contributed by atoms with Crippen LogP contribution in [-0.4, -0.2) is 53.2 Å². The van der Waals surface area contributed by atoms with E-state index in [1.165, 1.54) is 4.90 Å². The van der Waals surface area contributed by atoms with E-state index >= 15 is 0 Å². The summed E-state index contributed by atoms with van der Waals surface area (Å²) in [5, 5.41) is 12.5. The van der Waals surface area contributed by atoms with E-state index in [1.54, 1.807) is 0 Å². The Labute approximate surface area is 168 Å². The number of hydrogen-bond donors (Lipinski definition) is 2. The standard InChI is InChI=1S/C21H36N2O5/c1-12(2)11-28-19(27)22-16(20(3,4)5)17(24)23-10-13-8-21(6,7)9-14(13)15(23)18(25)26/h12-16H,8-11H2,1-7H3,(H,22,27)(H,25,26)/t13-,14-,15-,16+/m0/s1. The molecule has 2 amide bonds. The second kappa shape index (κ2) is 7.91. The van der Waals surface area contributed by atoms with Crippen LogP contribution in [0.3, 0.4) is 0 Å². The molecule has 0 radical (unpaired) electrons. The molecule has 1 aliphatic carbocycles. The van der Waals surface area contributed by atoms with Crippen LogP contribution in [0.4, 0.5) is 4.79 Å². The number of carboxylic acids is 1. The molecule has 2 aliphatic rings. The highest BCUT2D eigenvalue weighted by Crippen LogP contribution is 2.51. The number of hydrogen-bond acceptors (Lipinski definition) is 4. The Bertz CT molecular complexity index is 623. The Morgan fingerprint density at radius 2 is 1.82 bits per heavy atom. The van der Waals surface area contributed by atoms with Crippen LogP contribution in [-0.2, 0) is 14.3 Å². The van der Waals surface area contributed by atoms with Gasteiger partial charge in [0.15, 0.2) is 0 Å². The molecule has 160 valence electrons. The molecular formula is C21H36N2O5. The molecule has 7 nitrogen and oxygen atoms in total. The van der Waals surface area contributed by atoms with Gasteiger partial charge in [-0.05, 0) is 41.4 Å². The number of aliphatic carboxylic acids is 1. The van der Waals surface area contributed by atoms with Gasteiger partial charge >= 0.3 is 12.1 Å². The number of alkyl carbamates (subject to hydrolysis) is 1. The van der Waals surface area contributed by atoms with Crippen LogP contribution in [0.25, 0.3) is 0 Å². The second-order valence-electron chi connectivity index (χ2n) is 10.7. The molecule has 0 bridgehead atoms. The predicted octanol–water partition coefficient (Wildman–Crippen LogP) is 3.13. The fraction of sp³-hybridized carbons (Fsp3) is 0.857. The van der Waals surface area contributed by atoms with Crippen molar-refractivity contribution in [2.75, 3.05) is 13.2 Å². The highest BCUT2D eigenvalue weighted by Gasteiger charge is 2.55. The number of carboxylic acid groups (broad SMARTS) is 1. The molecule has 0 unspecified atom stereocenters. The highest BCUT2D eigenvalue weighted by atomic mass is 16.5. The lowest BCUT2D eigenvalue weighted by Gasteiger charge is -2.36. The third kappa shape index (κ3) is 4.97. The van der Waals surface area contributed by atoms with Gasteiger partial charge in [0.1, 0.15) is 12.1 Å². The Kier molecular flexibility index (Phi) is 6.36. The third-order valence-corrected chi connectivity index (χ3v) is 5.84. The fourth-order valence-electron chi connectivity index (χ4n) is 4.68. The average Bonchev–Trinajstić information content (AvgIpc) is 3.00. The number of ether oxygens (including phenoxy) is 1. The highest BCUT2D eigenvalue weighted by molar-refractivity contribution is 5.90. The van der Waals surface area contributed by atoms with Crippen LogP contribution in [0, 0.1) is 28.6 Å². The maximum atomic E-state index is 13.4. The van der Waals surface area contributed by atoms with E-state index in [1.807, 2.05) is 34.6 Å². The summed E-state index contributed by atoms with van der Waals surface area (Å²) in [4.78, 5) is 39.1. The van der Waals surface area contributed by atoms with E-state index < -0.39 is 29.6 Å².